The van der Waals surface area contributed by atoms with Crippen LogP contribution in [0.25, 0.3) is 0 Å². The molecule has 1 aromatic rings. The predicted octanol–water partition coefficient (Wildman–Crippen LogP) is 0.117. The minimum absolute atomic E-state index is 0.633. The molecule has 20 heavy (non-hydrogen) atoms. The Labute approximate surface area is 125 Å². The summed E-state index contributed by atoms with van der Waals surface area (Å²) < 4.78 is 5.41. The maximum absolute atomic E-state index is 5.41. The monoisotopic (exact) mass is 295 g/mol. The van der Waals surface area contributed by atoms with Gasteiger partial charge in [-0.1, -0.05) is 0 Å². The van der Waals surface area contributed by atoms with Gasteiger partial charge in [-0.25, -0.2) is 5.01 Å². The fourth-order valence-corrected chi connectivity index (χ4v) is 2.35. The van der Waals surface area contributed by atoms with E-state index in [1.54, 1.807) is 4.90 Å². The van der Waals surface area contributed by atoms with Crippen LogP contribution in [0.5, 0.6) is 5.75 Å². The minimum Gasteiger partial charge on any atom is -0.494 e. The summed E-state index contributed by atoms with van der Waals surface area (Å²) in [6.07, 6.45) is 0. The van der Waals surface area contributed by atoms with Crippen LogP contribution in [0.4, 0.5) is 5.69 Å². The van der Waals surface area contributed by atoms with Gasteiger partial charge in [-0.15, -0.1) is 0 Å². The van der Waals surface area contributed by atoms with E-state index >= 15 is 0 Å². The molecule has 0 aliphatic carbocycles. The molecule has 0 spiro atoms. The summed E-state index contributed by atoms with van der Waals surface area (Å²) in [4.78, 5) is 1.56. The topological polar surface area (TPSA) is 41.0 Å². The Bertz CT molecular complexity index is 429. The van der Waals surface area contributed by atoms with Gasteiger partial charge >= 0.3 is 0 Å². The van der Waals surface area contributed by atoms with E-state index in [9.17, 15) is 0 Å². The van der Waals surface area contributed by atoms with Crippen molar-refractivity contribution in [2.45, 2.75) is 6.92 Å². The Morgan fingerprint density at radius 1 is 1.30 bits per heavy atom. The molecule has 0 radical (unpaired) electrons. The predicted molar refractivity (Wildman–Crippen MR) is 85.2 cm³/mol. The largest absolute Gasteiger partial charge is 0.494 e. The SMILES string of the molecule is CCOc1ccc(NC(=S)NN2CC[NH+](C)CC2)cc1. The van der Waals surface area contributed by atoms with Crippen molar-refractivity contribution in [3.8, 4) is 5.75 Å². The third kappa shape index (κ3) is 4.63. The number of hydrazine groups is 1. The lowest BCUT2D eigenvalue weighted by atomic mass is 10.3. The normalized spacial score (nSPS) is 16.7. The number of piperazine rings is 1. The van der Waals surface area contributed by atoms with E-state index < -0.39 is 0 Å². The first-order valence-corrected chi connectivity index (χ1v) is 7.45. The lowest BCUT2D eigenvalue weighted by Gasteiger charge is -2.31. The Balaban J connectivity index is 1.79. The van der Waals surface area contributed by atoms with E-state index in [1.807, 2.05) is 31.2 Å². The average Bonchev–Trinajstić information content (AvgIpc) is 2.44. The Kier molecular flexibility index (Phi) is 5.58. The van der Waals surface area contributed by atoms with Gasteiger partial charge in [-0.2, -0.15) is 0 Å². The maximum Gasteiger partial charge on any atom is 0.185 e. The van der Waals surface area contributed by atoms with E-state index in [1.165, 1.54) is 0 Å². The summed E-state index contributed by atoms with van der Waals surface area (Å²) >= 11 is 5.33. The molecule has 1 aromatic carbocycles. The number of thiocarbonyl (C=S) groups is 1. The number of quaternary nitrogens is 1. The highest BCUT2D eigenvalue weighted by Crippen LogP contribution is 2.15. The third-order valence-electron chi connectivity index (χ3n) is 3.30. The van der Waals surface area contributed by atoms with Crippen LogP contribution >= 0.6 is 12.2 Å². The van der Waals surface area contributed by atoms with Crippen molar-refractivity contribution >= 4 is 23.0 Å². The number of likely N-dealkylation sites (N-methyl/N-ethyl adjacent to an activating group) is 1. The number of benzene rings is 1. The molecule has 2 rings (SSSR count). The first-order valence-electron chi connectivity index (χ1n) is 7.04. The van der Waals surface area contributed by atoms with Gasteiger partial charge in [0.05, 0.1) is 39.8 Å². The van der Waals surface area contributed by atoms with Crippen LogP contribution in [0.15, 0.2) is 24.3 Å². The fraction of sp³-hybridized carbons (Fsp3) is 0.500. The molecule has 0 amide bonds. The average molecular weight is 295 g/mol. The molecule has 0 bridgehead atoms. The zero-order valence-electron chi connectivity index (χ0n) is 12.1. The smallest absolute Gasteiger partial charge is 0.185 e. The molecule has 1 aliphatic heterocycles. The van der Waals surface area contributed by atoms with Crippen LogP contribution in [0, 0.1) is 0 Å². The van der Waals surface area contributed by atoms with Gasteiger partial charge in [0, 0.05) is 5.69 Å². The van der Waals surface area contributed by atoms with Crippen molar-refractivity contribution in [3.05, 3.63) is 24.3 Å². The van der Waals surface area contributed by atoms with E-state index in [2.05, 4.69) is 22.8 Å². The van der Waals surface area contributed by atoms with E-state index in [-0.39, 0.29) is 0 Å². The first kappa shape index (κ1) is 15.0. The summed E-state index contributed by atoms with van der Waals surface area (Å²) in [5, 5.41) is 5.98. The molecule has 0 atom stereocenters. The highest BCUT2D eigenvalue weighted by molar-refractivity contribution is 7.80. The fourth-order valence-electron chi connectivity index (χ4n) is 2.10. The molecule has 1 aliphatic rings. The van der Waals surface area contributed by atoms with Crippen molar-refractivity contribution in [2.24, 2.45) is 0 Å². The van der Waals surface area contributed by atoms with Gasteiger partial charge in [-0.3, -0.25) is 5.43 Å². The number of anilines is 1. The number of nitrogens with one attached hydrogen (secondary N) is 3. The van der Waals surface area contributed by atoms with E-state index in [0.717, 1.165) is 37.6 Å². The Hall–Kier alpha value is -1.37. The molecule has 5 nitrogen and oxygen atoms in total. The third-order valence-corrected chi connectivity index (χ3v) is 3.49. The van der Waals surface area contributed by atoms with Crippen LogP contribution < -0.4 is 20.4 Å². The van der Waals surface area contributed by atoms with Crippen molar-refractivity contribution in [2.75, 3.05) is 45.2 Å². The van der Waals surface area contributed by atoms with Crippen LogP contribution in [0.1, 0.15) is 6.92 Å². The molecule has 3 N–H and O–H groups in total. The van der Waals surface area contributed by atoms with Gasteiger partial charge in [0.1, 0.15) is 5.75 Å². The molecular weight excluding hydrogens is 272 g/mol. The lowest BCUT2D eigenvalue weighted by Crippen LogP contribution is -3.12. The first-order chi connectivity index (χ1) is 9.67. The quantitative estimate of drug-likeness (QED) is 0.688. The van der Waals surface area contributed by atoms with Gasteiger partial charge in [0.2, 0.25) is 0 Å². The zero-order chi connectivity index (χ0) is 14.4. The van der Waals surface area contributed by atoms with Crippen LogP contribution in [-0.4, -0.2) is 50.0 Å². The zero-order valence-corrected chi connectivity index (χ0v) is 12.9. The number of ether oxygens (including phenoxy) is 1. The molecule has 6 heteroatoms. The summed E-state index contributed by atoms with van der Waals surface area (Å²) in [7, 11) is 2.22. The molecule has 1 heterocycles. The van der Waals surface area contributed by atoms with Crippen molar-refractivity contribution in [3.63, 3.8) is 0 Å². The number of nitrogens with zero attached hydrogens (tertiary/aromatic N) is 1. The molecule has 1 saturated heterocycles. The Morgan fingerprint density at radius 2 is 1.95 bits per heavy atom. The van der Waals surface area contributed by atoms with Crippen LogP contribution in [-0.2, 0) is 0 Å². The van der Waals surface area contributed by atoms with Gasteiger partial charge in [0.25, 0.3) is 0 Å². The summed E-state index contributed by atoms with van der Waals surface area (Å²) in [5.74, 6) is 0.874. The highest BCUT2D eigenvalue weighted by atomic mass is 32.1. The lowest BCUT2D eigenvalue weighted by molar-refractivity contribution is -0.884. The summed E-state index contributed by atoms with van der Waals surface area (Å²) in [5.41, 5.74) is 4.20. The van der Waals surface area contributed by atoms with E-state index in [4.69, 9.17) is 17.0 Å². The Morgan fingerprint density at radius 3 is 2.55 bits per heavy atom. The van der Waals surface area contributed by atoms with Gasteiger partial charge in [0.15, 0.2) is 5.11 Å². The molecule has 0 unspecified atom stereocenters. The van der Waals surface area contributed by atoms with Crippen LogP contribution in [0.3, 0.4) is 0 Å². The molecule has 0 aromatic heterocycles. The molecule has 110 valence electrons. The second-order valence-corrected chi connectivity index (χ2v) is 5.38. The molecule has 1 fully saturated rings. The summed E-state index contributed by atoms with van der Waals surface area (Å²) in [6, 6.07) is 7.81. The second kappa shape index (κ2) is 7.42. The van der Waals surface area contributed by atoms with Crippen molar-refractivity contribution < 1.29 is 9.64 Å². The van der Waals surface area contributed by atoms with Gasteiger partial charge < -0.3 is 15.0 Å². The van der Waals surface area contributed by atoms with Gasteiger partial charge in [-0.05, 0) is 43.4 Å². The van der Waals surface area contributed by atoms with Crippen molar-refractivity contribution in [1.82, 2.24) is 10.4 Å². The van der Waals surface area contributed by atoms with E-state index in [0.29, 0.717) is 11.7 Å². The molecular formula is C14H23N4OS+. The standard InChI is InChI=1S/C14H22N4OS/c1-3-19-13-6-4-12(5-7-13)15-14(20)16-18-10-8-17(2)9-11-18/h4-7H,3,8-11H2,1-2H3,(H2,15,16,20)/p+1. The minimum atomic E-state index is 0.633. The number of hydrogen-bond acceptors (Lipinski definition) is 3. The second-order valence-electron chi connectivity index (χ2n) is 4.97. The number of hydrogen-bond donors (Lipinski definition) is 3. The highest BCUT2D eigenvalue weighted by Gasteiger charge is 2.16. The van der Waals surface area contributed by atoms with Crippen LogP contribution in [0.2, 0.25) is 0 Å². The molecule has 0 saturated carbocycles. The summed E-state index contributed by atoms with van der Waals surface area (Å²) in [6.45, 7) is 6.95. The van der Waals surface area contributed by atoms with Crippen molar-refractivity contribution in [1.29, 1.82) is 0 Å². The number of rotatable bonds is 4. The maximum atomic E-state index is 5.41.